The van der Waals surface area contributed by atoms with Gasteiger partial charge < -0.3 is 10.8 Å². The van der Waals surface area contributed by atoms with Crippen LogP contribution in [0, 0.1) is 11.8 Å². The summed E-state index contributed by atoms with van der Waals surface area (Å²) in [5.41, 5.74) is 4.65. The topological polar surface area (TPSA) is 66.6 Å². The van der Waals surface area contributed by atoms with Crippen LogP contribution in [0.5, 0.6) is 0 Å². The Morgan fingerprint density at radius 2 is 2.00 bits per heavy atom. The van der Waals surface area contributed by atoms with Crippen molar-refractivity contribution in [2.24, 2.45) is 17.6 Å². The molecule has 0 spiro atoms. The molecular weight excluding hydrogens is 228 g/mol. The molecule has 0 aromatic rings. The molecule has 4 nitrogen and oxygen atoms in total. The fourth-order valence-electron chi connectivity index (χ4n) is 2.80. The minimum absolute atomic E-state index is 0.246. The molecule has 0 unspecified atom stereocenters. The number of rotatable bonds is 6. The van der Waals surface area contributed by atoms with Crippen LogP contribution in [0.1, 0.15) is 46.5 Å². The quantitative estimate of drug-likeness (QED) is 0.754. The predicted molar refractivity (Wildman–Crippen MR) is 73.1 cm³/mol. The molecule has 1 aliphatic carbocycles. The van der Waals surface area contributed by atoms with Crippen LogP contribution in [0.3, 0.4) is 0 Å². The first-order valence-corrected chi connectivity index (χ1v) is 7.04. The number of aliphatic hydroxyl groups is 1. The van der Waals surface area contributed by atoms with Crippen LogP contribution in [-0.2, 0) is 4.79 Å². The Morgan fingerprint density at radius 3 is 2.44 bits per heavy atom. The van der Waals surface area contributed by atoms with Crippen molar-refractivity contribution in [3.63, 3.8) is 0 Å². The van der Waals surface area contributed by atoms with E-state index in [4.69, 9.17) is 5.73 Å². The Balaban J connectivity index is 2.55. The van der Waals surface area contributed by atoms with Gasteiger partial charge in [0.15, 0.2) is 0 Å². The van der Waals surface area contributed by atoms with Gasteiger partial charge in [0.25, 0.3) is 0 Å². The molecule has 1 amide bonds. The lowest BCUT2D eigenvalue weighted by atomic mass is 9.79. The number of nitrogens with two attached hydrogens (primary N) is 1. The molecule has 1 aliphatic rings. The second-order valence-corrected chi connectivity index (χ2v) is 6.44. The number of hydrogen-bond acceptors (Lipinski definition) is 3. The molecule has 1 saturated carbocycles. The molecule has 18 heavy (non-hydrogen) atoms. The van der Waals surface area contributed by atoms with E-state index in [0.29, 0.717) is 18.4 Å². The van der Waals surface area contributed by atoms with Gasteiger partial charge in [-0.15, -0.1) is 0 Å². The van der Waals surface area contributed by atoms with Gasteiger partial charge in [0.2, 0.25) is 5.91 Å². The molecule has 0 aromatic heterocycles. The van der Waals surface area contributed by atoms with E-state index >= 15 is 0 Å². The molecule has 106 valence electrons. The monoisotopic (exact) mass is 256 g/mol. The minimum atomic E-state index is -0.628. The van der Waals surface area contributed by atoms with E-state index in [1.54, 1.807) is 0 Å². The first kappa shape index (κ1) is 15.4. The van der Waals surface area contributed by atoms with Crippen LogP contribution in [0.2, 0.25) is 0 Å². The molecule has 1 rings (SSSR count). The second-order valence-electron chi connectivity index (χ2n) is 6.44. The van der Waals surface area contributed by atoms with Gasteiger partial charge in [-0.2, -0.15) is 0 Å². The third-order valence-electron chi connectivity index (χ3n) is 3.73. The van der Waals surface area contributed by atoms with E-state index in [0.717, 1.165) is 32.2 Å². The van der Waals surface area contributed by atoms with Gasteiger partial charge in [0.1, 0.15) is 0 Å². The van der Waals surface area contributed by atoms with E-state index in [1.165, 1.54) is 0 Å². The number of carbonyl (C=O) groups is 1. The molecule has 1 fully saturated rings. The zero-order valence-corrected chi connectivity index (χ0v) is 12.0. The Kier molecular flexibility index (Phi) is 5.60. The summed E-state index contributed by atoms with van der Waals surface area (Å²) in [6.45, 7) is 8.08. The van der Waals surface area contributed by atoms with Crippen molar-refractivity contribution >= 4 is 5.91 Å². The third-order valence-corrected chi connectivity index (χ3v) is 3.73. The van der Waals surface area contributed by atoms with Crippen molar-refractivity contribution in [1.82, 2.24) is 4.90 Å². The highest BCUT2D eigenvalue weighted by atomic mass is 16.3. The van der Waals surface area contributed by atoms with Crippen molar-refractivity contribution < 1.29 is 9.90 Å². The molecule has 0 heterocycles. The summed E-state index contributed by atoms with van der Waals surface area (Å²) in [5.74, 6) is 0.860. The smallest absolute Gasteiger partial charge is 0.231 e. The van der Waals surface area contributed by atoms with Crippen LogP contribution >= 0.6 is 0 Å². The average Bonchev–Trinajstić information content (AvgIpc) is 2.20. The molecular formula is C14H28N2O2. The van der Waals surface area contributed by atoms with Crippen LogP contribution in [0.15, 0.2) is 0 Å². The van der Waals surface area contributed by atoms with Gasteiger partial charge in [-0.25, -0.2) is 0 Å². The summed E-state index contributed by atoms with van der Waals surface area (Å²) < 4.78 is 0. The highest BCUT2D eigenvalue weighted by molar-refractivity contribution is 5.75. The zero-order valence-electron chi connectivity index (χ0n) is 12.0. The van der Waals surface area contributed by atoms with E-state index in [9.17, 15) is 9.90 Å². The number of amides is 1. The van der Waals surface area contributed by atoms with E-state index in [1.807, 2.05) is 4.90 Å². The summed E-state index contributed by atoms with van der Waals surface area (Å²) in [6.07, 6.45) is 3.81. The normalized spacial score (nSPS) is 28.9. The summed E-state index contributed by atoms with van der Waals surface area (Å²) in [4.78, 5) is 13.1. The fraction of sp³-hybridized carbons (Fsp3) is 0.929. The maximum atomic E-state index is 11.1. The Labute approximate surface area is 111 Å². The molecule has 3 N–H and O–H groups in total. The number of carbonyl (C=O) groups excluding carboxylic acids is 1. The van der Waals surface area contributed by atoms with Crippen LogP contribution in [0.4, 0.5) is 0 Å². The number of nitrogens with zero attached hydrogens (tertiary/aromatic N) is 1. The lowest BCUT2D eigenvalue weighted by molar-refractivity contribution is -0.120. The predicted octanol–water partition coefficient (Wildman–Crippen LogP) is 1.37. The molecule has 0 atom stereocenters. The van der Waals surface area contributed by atoms with Crippen molar-refractivity contribution in [3.05, 3.63) is 0 Å². The molecule has 0 bridgehead atoms. The summed E-state index contributed by atoms with van der Waals surface area (Å²) in [6, 6.07) is 0. The standard InChI is InChI=1S/C14H28N2O2/c1-11(2)8-16(9-13(15)17)10-14(18)6-4-12(3)5-7-14/h11-12,18H,4-10H2,1-3H3,(H2,15,17). The first-order chi connectivity index (χ1) is 8.31. The van der Waals surface area contributed by atoms with Crippen molar-refractivity contribution in [2.75, 3.05) is 19.6 Å². The maximum absolute atomic E-state index is 11.1. The van der Waals surface area contributed by atoms with Gasteiger partial charge in [-0.05, 0) is 37.5 Å². The van der Waals surface area contributed by atoms with Crippen molar-refractivity contribution in [3.8, 4) is 0 Å². The van der Waals surface area contributed by atoms with Gasteiger partial charge in [0, 0.05) is 13.1 Å². The maximum Gasteiger partial charge on any atom is 0.231 e. The van der Waals surface area contributed by atoms with E-state index in [-0.39, 0.29) is 12.5 Å². The van der Waals surface area contributed by atoms with Crippen LogP contribution in [-0.4, -0.2) is 41.1 Å². The van der Waals surface area contributed by atoms with Gasteiger partial charge >= 0.3 is 0 Å². The molecule has 0 aromatic carbocycles. The van der Waals surface area contributed by atoms with E-state index < -0.39 is 5.60 Å². The molecule has 4 heteroatoms. The summed E-state index contributed by atoms with van der Waals surface area (Å²) in [5, 5.41) is 10.6. The SMILES string of the molecule is CC(C)CN(CC(N)=O)CC1(O)CCC(C)CC1. The third kappa shape index (κ3) is 5.36. The molecule has 0 aliphatic heterocycles. The summed E-state index contributed by atoms with van der Waals surface area (Å²) in [7, 11) is 0. The van der Waals surface area contributed by atoms with Gasteiger partial charge in [0.05, 0.1) is 12.1 Å². The highest BCUT2D eigenvalue weighted by Crippen LogP contribution is 2.32. The number of hydrogen-bond donors (Lipinski definition) is 2. The largest absolute Gasteiger partial charge is 0.389 e. The van der Waals surface area contributed by atoms with Crippen molar-refractivity contribution in [1.29, 1.82) is 0 Å². The highest BCUT2D eigenvalue weighted by Gasteiger charge is 2.33. The number of primary amides is 1. The van der Waals surface area contributed by atoms with Crippen LogP contribution in [0.25, 0.3) is 0 Å². The van der Waals surface area contributed by atoms with Crippen molar-refractivity contribution in [2.45, 2.75) is 52.1 Å². The zero-order chi connectivity index (χ0) is 13.8. The fourth-order valence-corrected chi connectivity index (χ4v) is 2.80. The van der Waals surface area contributed by atoms with Crippen LogP contribution < -0.4 is 5.73 Å². The van der Waals surface area contributed by atoms with Gasteiger partial charge in [-0.3, -0.25) is 9.69 Å². The molecule has 0 radical (unpaired) electrons. The first-order valence-electron chi connectivity index (χ1n) is 7.04. The lowest BCUT2D eigenvalue weighted by Crippen LogP contribution is -2.48. The second kappa shape index (κ2) is 6.53. The Hall–Kier alpha value is -0.610. The van der Waals surface area contributed by atoms with E-state index in [2.05, 4.69) is 20.8 Å². The molecule has 0 saturated heterocycles. The average molecular weight is 256 g/mol. The lowest BCUT2D eigenvalue weighted by Gasteiger charge is -2.39. The Bertz CT molecular complexity index is 271. The van der Waals surface area contributed by atoms with Gasteiger partial charge in [-0.1, -0.05) is 20.8 Å². The summed E-state index contributed by atoms with van der Waals surface area (Å²) >= 11 is 0. The minimum Gasteiger partial charge on any atom is -0.389 e. The Morgan fingerprint density at radius 1 is 1.44 bits per heavy atom.